The van der Waals surface area contributed by atoms with Gasteiger partial charge in [0.05, 0.1) is 10.0 Å². The lowest BCUT2D eigenvalue weighted by atomic mass is 10.0. The summed E-state index contributed by atoms with van der Waals surface area (Å²) in [5, 5.41) is 4.90. The number of hydrogen-bond acceptors (Lipinski definition) is 2. The molecule has 1 saturated carbocycles. The van der Waals surface area contributed by atoms with Crippen molar-refractivity contribution in [2.24, 2.45) is 0 Å². The van der Waals surface area contributed by atoms with Gasteiger partial charge in [-0.25, -0.2) is 0 Å². The molecule has 1 N–H and O–H groups in total. The smallest absolute Gasteiger partial charge is 0.0595 e. The minimum absolute atomic E-state index is 0.333. The monoisotopic (exact) mass is 314 g/mol. The molecule has 0 bridgehead atoms. The first kappa shape index (κ1) is 16.1. The lowest BCUT2D eigenvalue weighted by molar-refractivity contribution is 0.235. The van der Waals surface area contributed by atoms with E-state index in [-0.39, 0.29) is 0 Å². The Morgan fingerprint density at radius 1 is 1.30 bits per heavy atom. The summed E-state index contributed by atoms with van der Waals surface area (Å²) in [7, 11) is 2.23. The summed E-state index contributed by atoms with van der Waals surface area (Å²) in [6.07, 6.45) is 3.74. The SMILES string of the molecule is CCC(NCC(C)N(C)C1CC1)c1ccc(Cl)c(Cl)c1. The van der Waals surface area contributed by atoms with Crippen molar-refractivity contribution >= 4 is 23.2 Å². The standard InChI is InChI=1S/C16H24Cl2N2/c1-4-16(12-5-8-14(17)15(18)9-12)19-10-11(2)20(3)13-6-7-13/h5,8-9,11,13,16,19H,4,6-7,10H2,1-3H3. The fourth-order valence-electron chi connectivity index (χ4n) is 2.53. The van der Waals surface area contributed by atoms with Crippen LogP contribution in [0, 0.1) is 0 Å². The zero-order valence-electron chi connectivity index (χ0n) is 12.5. The fraction of sp³-hybridized carbons (Fsp3) is 0.625. The first-order valence-corrected chi connectivity index (χ1v) is 8.18. The summed E-state index contributed by atoms with van der Waals surface area (Å²) >= 11 is 12.1. The molecule has 1 fully saturated rings. The lowest BCUT2D eigenvalue weighted by Gasteiger charge is -2.27. The molecule has 0 aromatic heterocycles. The Labute approximate surface area is 132 Å². The summed E-state index contributed by atoms with van der Waals surface area (Å²) in [5.41, 5.74) is 1.21. The predicted molar refractivity (Wildman–Crippen MR) is 87.7 cm³/mol. The van der Waals surface area contributed by atoms with E-state index in [2.05, 4.69) is 37.2 Å². The minimum atomic E-state index is 0.333. The number of benzene rings is 1. The van der Waals surface area contributed by atoms with Crippen molar-refractivity contribution < 1.29 is 0 Å². The highest BCUT2D eigenvalue weighted by atomic mass is 35.5. The van der Waals surface area contributed by atoms with Gasteiger partial charge in [-0.1, -0.05) is 36.2 Å². The number of nitrogens with zero attached hydrogens (tertiary/aromatic N) is 1. The molecular formula is C16H24Cl2N2. The number of halogens is 2. The molecule has 1 aliphatic carbocycles. The Hall–Kier alpha value is -0.280. The Balaban J connectivity index is 1.92. The van der Waals surface area contributed by atoms with Gasteiger partial charge in [0.15, 0.2) is 0 Å². The molecule has 112 valence electrons. The van der Waals surface area contributed by atoms with E-state index in [9.17, 15) is 0 Å². The van der Waals surface area contributed by atoms with E-state index in [1.807, 2.05) is 12.1 Å². The Morgan fingerprint density at radius 3 is 2.55 bits per heavy atom. The molecule has 0 heterocycles. The Kier molecular flexibility index (Phi) is 5.74. The average Bonchev–Trinajstić information content (AvgIpc) is 3.26. The van der Waals surface area contributed by atoms with Crippen LogP contribution in [0.1, 0.15) is 44.7 Å². The molecule has 0 amide bonds. The summed E-state index contributed by atoms with van der Waals surface area (Å²) in [5.74, 6) is 0. The van der Waals surface area contributed by atoms with Crippen molar-refractivity contribution in [1.29, 1.82) is 0 Å². The molecule has 2 unspecified atom stereocenters. The highest BCUT2D eigenvalue weighted by Gasteiger charge is 2.29. The molecule has 2 nitrogen and oxygen atoms in total. The van der Waals surface area contributed by atoms with E-state index in [1.54, 1.807) is 0 Å². The van der Waals surface area contributed by atoms with Crippen molar-refractivity contribution in [3.05, 3.63) is 33.8 Å². The van der Waals surface area contributed by atoms with E-state index < -0.39 is 0 Å². The van der Waals surface area contributed by atoms with Crippen LogP contribution in [0.3, 0.4) is 0 Å². The van der Waals surface area contributed by atoms with Crippen LogP contribution >= 0.6 is 23.2 Å². The lowest BCUT2D eigenvalue weighted by Crippen LogP contribution is -2.40. The average molecular weight is 315 g/mol. The molecule has 1 aromatic rings. The van der Waals surface area contributed by atoms with Crippen LogP contribution in [0.4, 0.5) is 0 Å². The van der Waals surface area contributed by atoms with Gasteiger partial charge < -0.3 is 5.32 Å². The van der Waals surface area contributed by atoms with Crippen LogP contribution < -0.4 is 5.32 Å². The van der Waals surface area contributed by atoms with Gasteiger partial charge in [-0.15, -0.1) is 0 Å². The van der Waals surface area contributed by atoms with E-state index >= 15 is 0 Å². The molecule has 0 aliphatic heterocycles. The van der Waals surface area contributed by atoms with Crippen molar-refractivity contribution in [3.63, 3.8) is 0 Å². The van der Waals surface area contributed by atoms with Gasteiger partial charge in [0.1, 0.15) is 0 Å². The maximum atomic E-state index is 6.11. The van der Waals surface area contributed by atoms with Crippen LogP contribution in [0.2, 0.25) is 10.0 Å². The number of nitrogens with one attached hydrogen (secondary N) is 1. The van der Waals surface area contributed by atoms with E-state index in [4.69, 9.17) is 23.2 Å². The molecule has 2 atom stereocenters. The van der Waals surface area contributed by atoms with Gasteiger partial charge in [-0.05, 0) is 50.9 Å². The second-order valence-corrected chi connectivity index (χ2v) is 6.60. The van der Waals surface area contributed by atoms with Gasteiger partial charge in [0, 0.05) is 24.7 Å². The fourth-order valence-corrected chi connectivity index (χ4v) is 2.83. The number of hydrogen-bond donors (Lipinski definition) is 1. The van der Waals surface area contributed by atoms with Crippen LogP contribution in [0.5, 0.6) is 0 Å². The third-order valence-electron chi connectivity index (χ3n) is 4.23. The van der Waals surface area contributed by atoms with E-state index in [1.165, 1.54) is 18.4 Å². The molecule has 1 aliphatic rings. The first-order chi connectivity index (χ1) is 9.52. The van der Waals surface area contributed by atoms with Crippen LogP contribution in [0.15, 0.2) is 18.2 Å². The first-order valence-electron chi connectivity index (χ1n) is 7.43. The molecule has 0 saturated heterocycles. The number of likely N-dealkylation sites (N-methyl/N-ethyl adjacent to an activating group) is 1. The van der Waals surface area contributed by atoms with Gasteiger partial charge >= 0.3 is 0 Å². The quantitative estimate of drug-likeness (QED) is 0.796. The largest absolute Gasteiger partial charge is 0.308 e. The number of rotatable bonds is 7. The maximum Gasteiger partial charge on any atom is 0.0595 e. The molecule has 0 radical (unpaired) electrons. The van der Waals surface area contributed by atoms with Gasteiger partial charge in [-0.2, -0.15) is 0 Å². The molecule has 2 rings (SSSR count). The van der Waals surface area contributed by atoms with Gasteiger partial charge in [0.2, 0.25) is 0 Å². The van der Waals surface area contributed by atoms with Crippen molar-refractivity contribution in [1.82, 2.24) is 10.2 Å². The van der Waals surface area contributed by atoms with E-state index in [0.29, 0.717) is 22.1 Å². The molecule has 20 heavy (non-hydrogen) atoms. The molecule has 4 heteroatoms. The Bertz CT molecular complexity index is 446. The zero-order chi connectivity index (χ0) is 14.7. The van der Waals surface area contributed by atoms with Crippen LogP contribution in [-0.2, 0) is 0 Å². The van der Waals surface area contributed by atoms with Gasteiger partial charge in [0.25, 0.3) is 0 Å². The van der Waals surface area contributed by atoms with Crippen LogP contribution in [0.25, 0.3) is 0 Å². The third kappa shape index (κ3) is 4.11. The summed E-state index contributed by atoms with van der Waals surface area (Å²) in [4.78, 5) is 2.48. The highest BCUT2D eigenvalue weighted by molar-refractivity contribution is 6.42. The van der Waals surface area contributed by atoms with Crippen molar-refractivity contribution in [2.75, 3.05) is 13.6 Å². The molecular weight excluding hydrogens is 291 g/mol. The predicted octanol–water partition coefficient (Wildman–Crippen LogP) is 4.52. The third-order valence-corrected chi connectivity index (χ3v) is 4.97. The summed E-state index contributed by atoms with van der Waals surface area (Å²) in [6, 6.07) is 7.60. The zero-order valence-corrected chi connectivity index (χ0v) is 14.0. The maximum absolute atomic E-state index is 6.11. The second-order valence-electron chi connectivity index (χ2n) is 5.79. The highest BCUT2D eigenvalue weighted by Crippen LogP contribution is 2.28. The minimum Gasteiger partial charge on any atom is -0.308 e. The normalized spacial score (nSPS) is 18.3. The molecule has 1 aromatic carbocycles. The van der Waals surface area contributed by atoms with E-state index in [0.717, 1.165) is 19.0 Å². The van der Waals surface area contributed by atoms with Gasteiger partial charge in [-0.3, -0.25) is 4.90 Å². The Morgan fingerprint density at radius 2 is 2.00 bits per heavy atom. The summed E-state index contributed by atoms with van der Waals surface area (Å²) in [6.45, 7) is 5.47. The van der Waals surface area contributed by atoms with Crippen molar-refractivity contribution in [2.45, 2.75) is 51.2 Å². The molecule has 0 spiro atoms. The van der Waals surface area contributed by atoms with Crippen LogP contribution in [-0.4, -0.2) is 30.6 Å². The van der Waals surface area contributed by atoms with Crippen molar-refractivity contribution in [3.8, 4) is 0 Å². The second kappa shape index (κ2) is 7.13. The topological polar surface area (TPSA) is 15.3 Å². The summed E-state index contributed by atoms with van der Waals surface area (Å²) < 4.78 is 0.